The first-order valence-electron chi connectivity index (χ1n) is 11.4. The lowest BCUT2D eigenvalue weighted by atomic mass is 9.46. The van der Waals surface area contributed by atoms with Crippen LogP contribution < -0.4 is 0 Å². The van der Waals surface area contributed by atoms with Crippen molar-refractivity contribution in [2.45, 2.75) is 45.8 Å². The summed E-state index contributed by atoms with van der Waals surface area (Å²) in [5, 5.41) is 33.1. The fourth-order valence-corrected chi connectivity index (χ4v) is 5.48. The summed E-state index contributed by atoms with van der Waals surface area (Å²) < 4.78 is 5.54. The molecule has 186 valence electrons. The number of cyclic esters (lactones) is 1. The summed E-state index contributed by atoms with van der Waals surface area (Å²) in [6.45, 7) is 7.45. The number of fused-ring (bicyclic) bond motifs is 3. The van der Waals surface area contributed by atoms with E-state index in [2.05, 4.69) is 0 Å². The summed E-state index contributed by atoms with van der Waals surface area (Å²) in [7, 11) is 0. The second kappa shape index (κ2) is 9.26. The topological polar surface area (TPSA) is 138 Å². The predicted octanol–water partition coefficient (Wildman–Crippen LogP) is 3.16. The number of hydrogen-bond acceptors (Lipinski definition) is 8. The van der Waals surface area contributed by atoms with Gasteiger partial charge in [-0.1, -0.05) is 36.5 Å². The number of aliphatic hydroxyl groups is 3. The second-order valence-electron chi connectivity index (χ2n) is 9.32. The van der Waals surface area contributed by atoms with Gasteiger partial charge in [-0.25, -0.2) is 4.79 Å². The molecule has 3 saturated carbocycles. The number of carbonyl (C=O) groups excluding carboxylic acids is 4. The highest BCUT2D eigenvalue weighted by Crippen LogP contribution is 2.59. The molecule has 0 aromatic heterocycles. The lowest BCUT2D eigenvalue weighted by molar-refractivity contribution is -0.191. The van der Waals surface area contributed by atoms with Crippen molar-refractivity contribution in [1.82, 2.24) is 0 Å². The number of ether oxygens (including phenoxy) is 1. The van der Waals surface area contributed by atoms with Crippen LogP contribution in [0.25, 0.3) is 0 Å². The first-order chi connectivity index (χ1) is 16.4. The van der Waals surface area contributed by atoms with Crippen molar-refractivity contribution in [2.24, 2.45) is 23.7 Å². The van der Waals surface area contributed by atoms with Gasteiger partial charge in [0.25, 0.3) is 0 Å². The molecule has 0 amide bonds. The zero-order valence-electron chi connectivity index (χ0n) is 20.3. The molecule has 1 heterocycles. The maximum atomic E-state index is 13.5. The Hall–Kier alpha value is -3.52. The highest BCUT2D eigenvalue weighted by molar-refractivity contribution is 6.21. The first-order valence-corrected chi connectivity index (χ1v) is 11.4. The minimum absolute atomic E-state index is 0.0790. The van der Waals surface area contributed by atoms with Gasteiger partial charge in [0.1, 0.15) is 17.1 Å². The van der Waals surface area contributed by atoms with E-state index in [9.17, 15) is 34.5 Å². The molecule has 35 heavy (non-hydrogen) atoms. The normalized spacial score (nSPS) is 37.0. The number of rotatable bonds is 6. The Morgan fingerprint density at radius 3 is 2.09 bits per heavy atom. The van der Waals surface area contributed by atoms with E-state index < -0.39 is 69.7 Å². The molecule has 3 N–H and O–H groups in total. The molecule has 0 unspecified atom stereocenters. The van der Waals surface area contributed by atoms with Crippen LogP contribution in [0.3, 0.4) is 0 Å². The third-order valence-corrected chi connectivity index (χ3v) is 7.15. The molecule has 0 spiro atoms. The van der Waals surface area contributed by atoms with Crippen molar-refractivity contribution >= 4 is 23.3 Å². The van der Waals surface area contributed by atoms with Crippen LogP contribution in [0.2, 0.25) is 0 Å². The van der Waals surface area contributed by atoms with Gasteiger partial charge >= 0.3 is 5.97 Å². The Morgan fingerprint density at radius 2 is 1.57 bits per heavy atom. The quantitative estimate of drug-likeness (QED) is 0.173. The van der Waals surface area contributed by atoms with Gasteiger partial charge in [0.05, 0.1) is 11.5 Å². The summed E-state index contributed by atoms with van der Waals surface area (Å²) in [5.74, 6) is -9.64. The van der Waals surface area contributed by atoms with Gasteiger partial charge in [0.2, 0.25) is 0 Å². The van der Waals surface area contributed by atoms with Crippen LogP contribution in [0, 0.1) is 23.7 Å². The Kier molecular flexibility index (Phi) is 6.90. The SMILES string of the molecule is C/C=C/C=C/C(=O)[C@H]1[C@@H]2C(=O)/C(=C(O)/C=C/C=C/C)[C@H]([C@@H]1[C@]1(C)OC(=O)C(C)=C1O)[C@](C)(O)C2=O. The van der Waals surface area contributed by atoms with E-state index in [4.69, 9.17) is 4.74 Å². The predicted molar refractivity (Wildman–Crippen MR) is 127 cm³/mol. The van der Waals surface area contributed by atoms with Gasteiger partial charge in [-0.2, -0.15) is 0 Å². The third-order valence-electron chi connectivity index (χ3n) is 7.15. The van der Waals surface area contributed by atoms with Crippen LogP contribution in [0.1, 0.15) is 34.6 Å². The summed E-state index contributed by atoms with van der Waals surface area (Å²) in [5.41, 5.74) is -4.34. The molecule has 4 rings (SSSR count). The van der Waals surface area contributed by atoms with Crippen LogP contribution in [0.15, 0.2) is 71.3 Å². The van der Waals surface area contributed by atoms with Crippen LogP contribution in [0.4, 0.5) is 0 Å². The van der Waals surface area contributed by atoms with E-state index >= 15 is 0 Å². The monoisotopic (exact) mass is 482 g/mol. The molecular weight excluding hydrogens is 452 g/mol. The lowest BCUT2D eigenvalue weighted by Crippen LogP contribution is -2.71. The van der Waals surface area contributed by atoms with Gasteiger partial charge in [-0.05, 0) is 46.8 Å². The molecular formula is C27H30O8. The largest absolute Gasteiger partial charge is 0.508 e. The standard InChI is InChI=1S/C27H30O8/c1-6-8-10-12-15(28)17-19-22(30)18(16(29)13-11-9-7-2)20(26(4,34)24(19)32)21(17)27(5)23(31)14(3)25(33)35-27/h6-13,17,19-21,29,31,34H,1-5H3/b8-6+,9-7+,12-10+,13-11+,18-16-/t17-,19+,20+,21+,26-,27-/m0/s1. The molecule has 0 aromatic carbocycles. The molecule has 0 aromatic rings. The number of esters is 1. The number of ketones is 3. The Labute approximate surface area is 203 Å². The van der Waals surface area contributed by atoms with Crippen molar-refractivity contribution in [2.75, 3.05) is 0 Å². The number of aliphatic hydroxyl groups excluding tert-OH is 2. The van der Waals surface area contributed by atoms with Gasteiger partial charge in [-0.15, -0.1) is 0 Å². The van der Waals surface area contributed by atoms with Crippen LogP contribution in [-0.4, -0.2) is 49.8 Å². The minimum Gasteiger partial charge on any atom is -0.508 e. The molecule has 6 atom stereocenters. The molecule has 3 fully saturated rings. The van der Waals surface area contributed by atoms with Crippen molar-refractivity contribution in [3.63, 3.8) is 0 Å². The van der Waals surface area contributed by atoms with E-state index in [1.807, 2.05) is 0 Å². The van der Waals surface area contributed by atoms with E-state index in [1.165, 1.54) is 45.1 Å². The van der Waals surface area contributed by atoms with E-state index in [0.717, 1.165) is 0 Å². The summed E-state index contributed by atoms with van der Waals surface area (Å²) in [6, 6.07) is 0. The second-order valence-corrected chi connectivity index (χ2v) is 9.32. The molecule has 4 aliphatic rings. The van der Waals surface area contributed by atoms with Crippen molar-refractivity contribution in [1.29, 1.82) is 0 Å². The first kappa shape index (κ1) is 26.1. The molecule has 3 aliphatic carbocycles. The van der Waals surface area contributed by atoms with Crippen LogP contribution in [0.5, 0.6) is 0 Å². The van der Waals surface area contributed by atoms with Gasteiger partial charge in [-0.3, -0.25) is 14.4 Å². The van der Waals surface area contributed by atoms with Crippen molar-refractivity contribution in [3.05, 3.63) is 71.3 Å². The highest BCUT2D eigenvalue weighted by Gasteiger charge is 2.72. The molecule has 0 radical (unpaired) electrons. The Morgan fingerprint density at radius 1 is 1.00 bits per heavy atom. The maximum absolute atomic E-state index is 13.5. The van der Waals surface area contributed by atoms with Crippen LogP contribution in [-0.2, 0) is 23.9 Å². The lowest BCUT2D eigenvalue weighted by Gasteiger charge is -2.56. The third kappa shape index (κ3) is 3.91. The molecule has 8 heteroatoms. The Bertz CT molecular complexity index is 1160. The summed E-state index contributed by atoms with van der Waals surface area (Å²) in [6.07, 6.45) is 12.0. The number of hydrogen-bond donors (Lipinski definition) is 3. The summed E-state index contributed by atoms with van der Waals surface area (Å²) in [4.78, 5) is 52.6. The Balaban J connectivity index is 2.33. The zero-order valence-corrected chi connectivity index (χ0v) is 20.3. The fraction of sp³-hybridized carbons (Fsp3) is 0.407. The van der Waals surface area contributed by atoms with Gasteiger partial charge in [0.15, 0.2) is 23.0 Å². The average Bonchev–Trinajstić information content (AvgIpc) is 2.99. The van der Waals surface area contributed by atoms with Gasteiger partial charge in [0, 0.05) is 23.3 Å². The average molecular weight is 483 g/mol. The zero-order chi connectivity index (χ0) is 26.3. The number of Topliss-reactive ketones (excluding diaryl/α,β-unsaturated/α-hetero) is 2. The van der Waals surface area contributed by atoms with Crippen molar-refractivity contribution < 1.29 is 39.2 Å². The number of carbonyl (C=O) groups is 4. The molecule has 0 saturated heterocycles. The van der Waals surface area contributed by atoms with Gasteiger partial charge < -0.3 is 20.1 Å². The minimum atomic E-state index is -2.18. The smallest absolute Gasteiger partial charge is 0.338 e. The fourth-order valence-electron chi connectivity index (χ4n) is 5.48. The van der Waals surface area contributed by atoms with E-state index in [-0.39, 0.29) is 11.1 Å². The molecule has 8 nitrogen and oxygen atoms in total. The molecule has 1 aliphatic heterocycles. The van der Waals surface area contributed by atoms with E-state index in [0.29, 0.717) is 0 Å². The summed E-state index contributed by atoms with van der Waals surface area (Å²) >= 11 is 0. The maximum Gasteiger partial charge on any atom is 0.338 e. The highest BCUT2D eigenvalue weighted by atomic mass is 16.6. The number of allylic oxidation sites excluding steroid dienone is 8. The van der Waals surface area contributed by atoms with Crippen LogP contribution >= 0.6 is 0 Å². The van der Waals surface area contributed by atoms with Crippen molar-refractivity contribution in [3.8, 4) is 0 Å². The van der Waals surface area contributed by atoms with E-state index in [1.54, 1.807) is 38.2 Å². The molecule has 2 bridgehead atoms.